The van der Waals surface area contributed by atoms with Crippen molar-refractivity contribution in [3.05, 3.63) is 28.2 Å². The number of carboxylic acids is 1. The van der Waals surface area contributed by atoms with Gasteiger partial charge < -0.3 is 20.6 Å². The maximum atomic E-state index is 13.1. The molecule has 0 saturated carbocycles. The quantitative estimate of drug-likeness (QED) is 0.413. The number of allylic oxidation sites excluding steroid dienone is 1. The number of halogens is 1. The molecule has 1 amide bonds. The Morgan fingerprint density at radius 2 is 2.00 bits per heavy atom. The van der Waals surface area contributed by atoms with Crippen molar-refractivity contribution < 1.29 is 14.7 Å². The van der Waals surface area contributed by atoms with Crippen molar-refractivity contribution >= 4 is 55.9 Å². The number of aromatic nitrogens is 2. The third-order valence-electron chi connectivity index (χ3n) is 6.92. The molecule has 0 spiro atoms. The van der Waals surface area contributed by atoms with Gasteiger partial charge in [0.25, 0.3) is 5.91 Å². The molecule has 2 aliphatic rings. The predicted molar refractivity (Wildman–Crippen MR) is 144 cm³/mol. The van der Waals surface area contributed by atoms with Crippen molar-refractivity contribution in [3.8, 4) is 0 Å². The summed E-state index contributed by atoms with van der Waals surface area (Å²) in [5.74, 6) is -1.22. The minimum absolute atomic E-state index is 0.00510. The zero-order valence-corrected chi connectivity index (χ0v) is 22.7. The fraction of sp³-hybridized carbons (Fsp3) is 0.560. The first-order chi connectivity index (χ1) is 17.2. The van der Waals surface area contributed by atoms with E-state index in [1.54, 1.807) is 6.92 Å². The lowest BCUT2D eigenvalue weighted by Gasteiger charge is -2.40. The molecule has 2 aromatic rings. The Hall–Kier alpha value is -2.56. The fourth-order valence-electron chi connectivity index (χ4n) is 4.79. The Balaban J connectivity index is 1.54. The monoisotopic (exact) mass is 532 g/mol. The van der Waals surface area contributed by atoms with Gasteiger partial charge in [0.1, 0.15) is 10.9 Å². The second-order valence-electron chi connectivity index (χ2n) is 9.35. The SMILES string of the molecule is CCC1=C(Cl)N=C(C(=O)N[C@@H]2CCN(c3nc4cc(C)nc(C(=O)O)c4s3)C[C@@H]2NC(CC)CC)C1. The lowest BCUT2D eigenvalue weighted by atomic mass is 9.97. The number of anilines is 1. The predicted octanol–water partition coefficient (Wildman–Crippen LogP) is 4.24. The molecule has 36 heavy (non-hydrogen) atoms. The van der Waals surface area contributed by atoms with Crippen LogP contribution in [0, 0.1) is 6.92 Å². The first-order valence-electron chi connectivity index (χ1n) is 12.5. The van der Waals surface area contributed by atoms with Gasteiger partial charge in [-0.1, -0.05) is 43.7 Å². The summed E-state index contributed by atoms with van der Waals surface area (Å²) < 4.78 is 0.582. The molecule has 0 unspecified atom stereocenters. The number of aromatic carboxylic acids is 1. The van der Waals surface area contributed by atoms with Crippen LogP contribution in [0.2, 0.25) is 0 Å². The average molecular weight is 533 g/mol. The Labute approximate surface area is 220 Å². The Morgan fingerprint density at radius 3 is 2.64 bits per heavy atom. The summed E-state index contributed by atoms with van der Waals surface area (Å²) in [6.07, 6.45) is 3.95. The molecule has 4 rings (SSSR count). The van der Waals surface area contributed by atoms with Crippen LogP contribution >= 0.6 is 22.9 Å². The minimum atomic E-state index is -1.05. The van der Waals surface area contributed by atoms with Crippen LogP contribution in [0.15, 0.2) is 21.8 Å². The van der Waals surface area contributed by atoms with Gasteiger partial charge in [0.15, 0.2) is 10.8 Å². The summed E-state index contributed by atoms with van der Waals surface area (Å²) in [6, 6.07) is 2.06. The molecule has 9 nitrogen and oxygen atoms in total. The van der Waals surface area contributed by atoms with Gasteiger partial charge in [0.05, 0.1) is 10.2 Å². The van der Waals surface area contributed by atoms with Crippen LogP contribution in [-0.4, -0.2) is 63.9 Å². The van der Waals surface area contributed by atoms with E-state index in [-0.39, 0.29) is 23.7 Å². The number of nitrogens with one attached hydrogen (secondary N) is 2. The molecule has 1 saturated heterocycles. The molecule has 0 radical (unpaired) electrons. The molecule has 0 aliphatic carbocycles. The lowest BCUT2D eigenvalue weighted by Crippen LogP contribution is -2.61. The minimum Gasteiger partial charge on any atom is -0.476 e. The normalized spacial score (nSPS) is 20.4. The molecule has 3 N–H and O–H groups in total. The molecule has 0 aromatic carbocycles. The number of carbonyl (C=O) groups excluding carboxylic acids is 1. The van der Waals surface area contributed by atoms with E-state index in [1.165, 1.54) is 11.3 Å². The number of amides is 1. The summed E-state index contributed by atoms with van der Waals surface area (Å²) in [5, 5.41) is 17.8. The van der Waals surface area contributed by atoms with E-state index < -0.39 is 5.97 Å². The molecule has 0 bridgehead atoms. The first kappa shape index (κ1) is 26.5. The highest BCUT2D eigenvalue weighted by Crippen LogP contribution is 2.33. The summed E-state index contributed by atoms with van der Waals surface area (Å²) >= 11 is 7.56. The molecule has 2 atom stereocenters. The number of carbonyl (C=O) groups is 2. The van der Waals surface area contributed by atoms with Gasteiger partial charge in [-0.25, -0.2) is 19.8 Å². The van der Waals surface area contributed by atoms with Crippen molar-refractivity contribution in [1.29, 1.82) is 0 Å². The molecule has 2 aliphatic heterocycles. The van der Waals surface area contributed by atoms with Crippen LogP contribution in [0.3, 0.4) is 0 Å². The zero-order valence-electron chi connectivity index (χ0n) is 21.1. The largest absolute Gasteiger partial charge is 0.476 e. The standard InChI is InChI=1S/C25H33ClN6O3S/c1-5-14-11-18(29-22(14)26)23(33)30-16-8-9-32(12-19(16)28-15(6-2)7-3)25-31-17-10-13(4)27-20(24(34)35)21(17)36-25/h10,15-16,19,28H,5-9,11-12H2,1-4H3,(H,30,33)(H,34,35)/t16-,19+/m1/s1. The van der Waals surface area contributed by atoms with Crippen LogP contribution in [0.4, 0.5) is 5.13 Å². The Morgan fingerprint density at radius 1 is 1.25 bits per heavy atom. The van der Waals surface area contributed by atoms with Crippen LogP contribution in [0.5, 0.6) is 0 Å². The second kappa shape index (κ2) is 11.2. The molecular formula is C25H33ClN6O3S. The number of pyridine rings is 1. The number of fused-ring (bicyclic) bond motifs is 1. The summed E-state index contributed by atoms with van der Waals surface area (Å²) in [6.45, 7) is 9.42. The molecular weight excluding hydrogens is 500 g/mol. The Bertz CT molecular complexity index is 1220. The highest BCUT2D eigenvalue weighted by Gasteiger charge is 2.34. The van der Waals surface area contributed by atoms with Crippen LogP contribution in [0.25, 0.3) is 10.2 Å². The van der Waals surface area contributed by atoms with E-state index >= 15 is 0 Å². The van der Waals surface area contributed by atoms with Crippen molar-refractivity contribution in [1.82, 2.24) is 20.6 Å². The van der Waals surface area contributed by atoms with E-state index in [1.807, 2.05) is 13.0 Å². The first-order valence-corrected chi connectivity index (χ1v) is 13.7. The molecule has 194 valence electrons. The molecule has 4 heterocycles. The number of hydrogen-bond donors (Lipinski definition) is 3. The fourth-order valence-corrected chi connectivity index (χ4v) is 6.15. The molecule has 2 aromatic heterocycles. The van der Waals surface area contributed by atoms with Crippen molar-refractivity contribution in [2.45, 2.75) is 77.9 Å². The third-order valence-corrected chi connectivity index (χ3v) is 8.41. The average Bonchev–Trinajstić information content (AvgIpc) is 3.45. The zero-order chi connectivity index (χ0) is 26.0. The third kappa shape index (κ3) is 5.55. The number of aliphatic imine (C=N–C) groups is 1. The van der Waals surface area contributed by atoms with Crippen LogP contribution in [-0.2, 0) is 4.79 Å². The van der Waals surface area contributed by atoms with Gasteiger partial charge in [-0.05, 0) is 44.2 Å². The summed E-state index contributed by atoms with van der Waals surface area (Å²) in [5.41, 5.74) is 2.77. The van der Waals surface area contributed by atoms with Crippen molar-refractivity contribution in [2.75, 3.05) is 18.0 Å². The highest BCUT2D eigenvalue weighted by atomic mass is 35.5. The number of piperidine rings is 1. The van der Waals surface area contributed by atoms with E-state index in [0.717, 1.165) is 36.4 Å². The smallest absolute Gasteiger partial charge is 0.356 e. The number of hydrogen-bond acceptors (Lipinski definition) is 8. The van der Waals surface area contributed by atoms with Crippen molar-refractivity contribution in [2.24, 2.45) is 4.99 Å². The maximum absolute atomic E-state index is 13.1. The molecule has 1 fully saturated rings. The number of aryl methyl sites for hydroxylation is 1. The highest BCUT2D eigenvalue weighted by molar-refractivity contribution is 7.22. The molecule has 11 heteroatoms. The number of nitrogens with zero attached hydrogens (tertiary/aromatic N) is 4. The Kier molecular flexibility index (Phi) is 8.27. The van der Waals surface area contributed by atoms with E-state index in [0.29, 0.717) is 52.3 Å². The van der Waals surface area contributed by atoms with Crippen molar-refractivity contribution in [3.63, 3.8) is 0 Å². The number of thiazole rings is 1. The van der Waals surface area contributed by atoms with Gasteiger partial charge >= 0.3 is 5.97 Å². The second-order valence-corrected chi connectivity index (χ2v) is 10.7. The lowest BCUT2D eigenvalue weighted by molar-refractivity contribution is -0.115. The van der Waals surface area contributed by atoms with E-state index in [4.69, 9.17) is 16.6 Å². The van der Waals surface area contributed by atoms with Gasteiger partial charge in [-0.15, -0.1) is 0 Å². The summed E-state index contributed by atoms with van der Waals surface area (Å²) in [4.78, 5) is 40.2. The number of carboxylic acid groups (broad SMARTS) is 1. The van der Waals surface area contributed by atoms with Gasteiger partial charge in [-0.3, -0.25) is 4.79 Å². The maximum Gasteiger partial charge on any atom is 0.356 e. The van der Waals surface area contributed by atoms with Crippen LogP contribution < -0.4 is 15.5 Å². The van der Waals surface area contributed by atoms with Crippen LogP contribution in [0.1, 0.15) is 69.1 Å². The van der Waals surface area contributed by atoms with Gasteiger partial charge in [0.2, 0.25) is 0 Å². The van der Waals surface area contributed by atoms with Gasteiger partial charge in [0, 0.05) is 43.3 Å². The van der Waals surface area contributed by atoms with E-state index in [2.05, 4.69) is 39.4 Å². The van der Waals surface area contributed by atoms with E-state index in [9.17, 15) is 14.7 Å². The van der Waals surface area contributed by atoms with Gasteiger partial charge in [-0.2, -0.15) is 0 Å². The topological polar surface area (TPSA) is 120 Å². The summed E-state index contributed by atoms with van der Waals surface area (Å²) in [7, 11) is 0. The number of rotatable bonds is 9.